The van der Waals surface area contributed by atoms with Gasteiger partial charge in [0, 0.05) is 11.2 Å². The van der Waals surface area contributed by atoms with Gasteiger partial charge in [0.15, 0.2) is 5.65 Å². The Hall–Kier alpha value is -1.49. The third-order valence-electron chi connectivity index (χ3n) is 2.64. The van der Waals surface area contributed by atoms with E-state index in [0.29, 0.717) is 31.9 Å². The molecule has 0 unspecified atom stereocenters. The second-order valence-electron chi connectivity index (χ2n) is 3.90. The summed E-state index contributed by atoms with van der Waals surface area (Å²) in [6, 6.07) is 6.79. The fourth-order valence-electron chi connectivity index (χ4n) is 1.85. The van der Waals surface area contributed by atoms with Gasteiger partial charge in [-0.3, -0.25) is 4.57 Å². The van der Waals surface area contributed by atoms with Crippen LogP contribution in [-0.4, -0.2) is 14.5 Å². The molecule has 0 amide bonds. The standard InChI is InChI=1S/C12H7Cl3N4/c13-6-1-2-8(15)10(4-6)19-11-9(18-12(19)16)3-7(14)5-17-11/h1-5H,(H2,16,18). The molecule has 7 heteroatoms. The van der Waals surface area contributed by atoms with Crippen LogP contribution in [0.1, 0.15) is 0 Å². The maximum absolute atomic E-state index is 6.17. The summed E-state index contributed by atoms with van der Waals surface area (Å²) < 4.78 is 1.64. The van der Waals surface area contributed by atoms with Crippen LogP contribution in [0.15, 0.2) is 30.5 Å². The second kappa shape index (κ2) is 4.56. The molecule has 2 heterocycles. The first-order valence-electron chi connectivity index (χ1n) is 5.31. The van der Waals surface area contributed by atoms with Gasteiger partial charge in [0.05, 0.1) is 15.7 Å². The second-order valence-corrected chi connectivity index (χ2v) is 5.18. The molecule has 0 spiro atoms. The summed E-state index contributed by atoms with van der Waals surface area (Å²) >= 11 is 18.0. The molecule has 3 rings (SSSR count). The maximum Gasteiger partial charge on any atom is 0.207 e. The van der Waals surface area contributed by atoms with Crippen molar-refractivity contribution in [3.05, 3.63) is 45.5 Å². The van der Waals surface area contributed by atoms with Crippen molar-refractivity contribution in [2.24, 2.45) is 0 Å². The van der Waals surface area contributed by atoms with Crippen LogP contribution in [0.2, 0.25) is 15.1 Å². The van der Waals surface area contributed by atoms with Crippen LogP contribution in [0.5, 0.6) is 0 Å². The van der Waals surface area contributed by atoms with Gasteiger partial charge in [0.25, 0.3) is 0 Å². The molecule has 3 aromatic rings. The van der Waals surface area contributed by atoms with Crippen LogP contribution in [0.3, 0.4) is 0 Å². The quantitative estimate of drug-likeness (QED) is 0.739. The molecule has 0 aliphatic heterocycles. The average Bonchev–Trinajstić information content (AvgIpc) is 2.67. The lowest BCUT2D eigenvalue weighted by atomic mass is 10.3. The smallest absolute Gasteiger partial charge is 0.207 e. The van der Waals surface area contributed by atoms with Crippen LogP contribution in [0, 0.1) is 0 Å². The molecule has 0 radical (unpaired) electrons. The number of hydrogen-bond donors (Lipinski definition) is 1. The Morgan fingerprint density at radius 2 is 1.84 bits per heavy atom. The molecule has 0 saturated heterocycles. The number of benzene rings is 1. The fourth-order valence-corrected chi connectivity index (χ4v) is 2.37. The van der Waals surface area contributed by atoms with Crippen molar-refractivity contribution in [1.29, 1.82) is 0 Å². The van der Waals surface area contributed by atoms with Crippen molar-refractivity contribution in [1.82, 2.24) is 14.5 Å². The monoisotopic (exact) mass is 312 g/mol. The zero-order chi connectivity index (χ0) is 13.6. The number of fused-ring (bicyclic) bond motifs is 1. The van der Waals surface area contributed by atoms with Crippen LogP contribution in [-0.2, 0) is 0 Å². The van der Waals surface area contributed by atoms with E-state index in [2.05, 4.69) is 9.97 Å². The highest BCUT2D eigenvalue weighted by Crippen LogP contribution is 2.30. The Kier molecular flexibility index (Phi) is 3.01. The minimum Gasteiger partial charge on any atom is -0.369 e. The SMILES string of the molecule is Nc1nc2cc(Cl)cnc2n1-c1cc(Cl)ccc1Cl. The third kappa shape index (κ3) is 2.12. The first kappa shape index (κ1) is 12.5. The number of halogens is 3. The summed E-state index contributed by atoms with van der Waals surface area (Å²) in [4.78, 5) is 8.45. The molecule has 0 bridgehead atoms. The predicted molar refractivity (Wildman–Crippen MR) is 78.3 cm³/mol. The number of pyridine rings is 1. The van der Waals surface area contributed by atoms with Gasteiger partial charge >= 0.3 is 0 Å². The summed E-state index contributed by atoms with van der Waals surface area (Å²) in [6.45, 7) is 0. The molecule has 0 aliphatic carbocycles. The minimum absolute atomic E-state index is 0.272. The number of hydrogen-bond acceptors (Lipinski definition) is 3. The van der Waals surface area contributed by atoms with Gasteiger partial charge in [-0.2, -0.15) is 0 Å². The number of rotatable bonds is 1. The largest absolute Gasteiger partial charge is 0.369 e. The highest BCUT2D eigenvalue weighted by molar-refractivity contribution is 6.34. The summed E-state index contributed by atoms with van der Waals surface area (Å²) in [5, 5.41) is 1.55. The van der Waals surface area contributed by atoms with E-state index in [1.807, 2.05) is 0 Å². The van der Waals surface area contributed by atoms with Crippen molar-refractivity contribution in [3.63, 3.8) is 0 Å². The van der Waals surface area contributed by atoms with E-state index in [0.717, 1.165) is 0 Å². The van der Waals surface area contributed by atoms with E-state index in [1.54, 1.807) is 28.8 Å². The Bertz CT molecular complexity index is 782. The van der Waals surface area contributed by atoms with Crippen LogP contribution >= 0.6 is 34.8 Å². The van der Waals surface area contributed by atoms with Crippen molar-refractivity contribution < 1.29 is 0 Å². The molecule has 0 atom stereocenters. The van der Waals surface area contributed by atoms with Gasteiger partial charge in [-0.25, -0.2) is 9.97 Å². The fraction of sp³-hybridized carbons (Fsp3) is 0. The van der Waals surface area contributed by atoms with Gasteiger partial charge in [-0.05, 0) is 24.3 Å². The van der Waals surface area contributed by atoms with Gasteiger partial charge in [-0.1, -0.05) is 34.8 Å². The molecule has 4 nitrogen and oxygen atoms in total. The van der Waals surface area contributed by atoms with Crippen molar-refractivity contribution in [2.75, 3.05) is 5.73 Å². The van der Waals surface area contributed by atoms with Crippen molar-refractivity contribution >= 4 is 51.9 Å². The number of imidazole rings is 1. The van der Waals surface area contributed by atoms with E-state index in [4.69, 9.17) is 40.5 Å². The Morgan fingerprint density at radius 3 is 2.63 bits per heavy atom. The molecule has 96 valence electrons. The number of nitrogens with two attached hydrogens (primary N) is 1. The number of anilines is 1. The molecule has 2 aromatic heterocycles. The zero-order valence-electron chi connectivity index (χ0n) is 9.44. The topological polar surface area (TPSA) is 56.7 Å². The van der Waals surface area contributed by atoms with Crippen molar-refractivity contribution in [2.45, 2.75) is 0 Å². The molecule has 0 saturated carbocycles. The molecule has 0 fully saturated rings. The molecule has 0 aliphatic rings. The molecule has 1 aromatic carbocycles. The highest BCUT2D eigenvalue weighted by Gasteiger charge is 2.14. The minimum atomic E-state index is 0.272. The summed E-state index contributed by atoms with van der Waals surface area (Å²) in [6.07, 6.45) is 1.53. The zero-order valence-corrected chi connectivity index (χ0v) is 11.7. The van der Waals surface area contributed by atoms with E-state index >= 15 is 0 Å². The van der Waals surface area contributed by atoms with Gasteiger partial charge < -0.3 is 5.73 Å². The lowest BCUT2D eigenvalue weighted by Crippen LogP contribution is -2.02. The Balaban J connectivity index is 2.36. The maximum atomic E-state index is 6.17. The Labute approximate surface area is 123 Å². The number of nitrogens with zero attached hydrogens (tertiary/aromatic N) is 3. The molecular weight excluding hydrogens is 307 g/mol. The van der Waals surface area contributed by atoms with E-state index < -0.39 is 0 Å². The lowest BCUT2D eigenvalue weighted by molar-refractivity contribution is 1.08. The van der Waals surface area contributed by atoms with Crippen LogP contribution < -0.4 is 5.73 Å². The highest BCUT2D eigenvalue weighted by atomic mass is 35.5. The summed E-state index contributed by atoms with van der Waals surface area (Å²) in [5.74, 6) is 0.272. The van der Waals surface area contributed by atoms with E-state index in [-0.39, 0.29) is 5.95 Å². The molecule has 19 heavy (non-hydrogen) atoms. The van der Waals surface area contributed by atoms with E-state index in [1.165, 1.54) is 6.20 Å². The molecular formula is C12H7Cl3N4. The first-order valence-corrected chi connectivity index (χ1v) is 6.44. The lowest BCUT2D eigenvalue weighted by Gasteiger charge is -2.08. The van der Waals surface area contributed by atoms with Gasteiger partial charge in [0.1, 0.15) is 5.52 Å². The van der Waals surface area contributed by atoms with Crippen molar-refractivity contribution in [3.8, 4) is 5.69 Å². The van der Waals surface area contributed by atoms with Crippen LogP contribution in [0.4, 0.5) is 5.95 Å². The van der Waals surface area contributed by atoms with E-state index in [9.17, 15) is 0 Å². The number of nitrogen functional groups attached to an aromatic ring is 1. The van der Waals surface area contributed by atoms with Gasteiger partial charge in [-0.15, -0.1) is 0 Å². The first-order chi connectivity index (χ1) is 9.06. The average molecular weight is 314 g/mol. The summed E-state index contributed by atoms with van der Waals surface area (Å²) in [5.41, 5.74) is 7.72. The summed E-state index contributed by atoms with van der Waals surface area (Å²) in [7, 11) is 0. The predicted octanol–water partition coefficient (Wildman–Crippen LogP) is 3.96. The molecule has 2 N–H and O–H groups in total. The van der Waals surface area contributed by atoms with Crippen LogP contribution in [0.25, 0.3) is 16.9 Å². The Morgan fingerprint density at radius 1 is 1.05 bits per heavy atom. The number of aromatic nitrogens is 3. The normalized spacial score (nSPS) is 11.1. The third-order valence-corrected chi connectivity index (χ3v) is 3.40. The van der Waals surface area contributed by atoms with Gasteiger partial charge in [0.2, 0.25) is 5.95 Å².